The van der Waals surface area contributed by atoms with Crippen molar-refractivity contribution in [1.29, 1.82) is 0 Å². The van der Waals surface area contributed by atoms with Gasteiger partial charge in [-0.05, 0) is 134 Å². The van der Waals surface area contributed by atoms with E-state index in [0.717, 1.165) is 41.4 Å². The van der Waals surface area contributed by atoms with Gasteiger partial charge in [0.25, 0.3) is 0 Å². The van der Waals surface area contributed by atoms with Crippen LogP contribution in [0.3, 0.4) is 0 Å². The number of allylic oxidation sites excluding steroid dienone is 4. The van der Waals surface area contributed by atoms with Gasteiger partial charge in [0.15, 0.2) is 0 Å². The van der Waals surface area contributed by atoms with Gasteiger partial charge in [0.1, 0.15) is 23.0 Å². The molecule has 0 N–H and O–H groups in total. The Morgan fingerprint density at radius 3 is 1.69 bits per heavy atom. The fourth-order valence-electron chi connectivity index (χ4n) is 14.1. The predicted molar refractivity (Wildman–Crippen MR) is 270 cm³/mol. The van der Waals surface area contributed by atoms with Gasteiger partial charge in [-0.2, -0.15) is 0 Å². The Morgan fingerprint density at radius 1 is 0.508 bits per heavy atom. The van der Waals surface area contributed by atoms with Crippen LogP contribution in [0.1, 0.15) is 116 Å². The Morgan fingerprint density at radius 2 is 1.08 bits per heavy atom. The molecule has 1 saturated carbocycles. The standard InChI is InChI=1S/C61H52B2O2/c1-60(2)46-17-11-13-40-31-41-14-12-18-47-57(41)63(56(40)46)58-48(60)32-42(33-49(58)61(47,3)4)36-23-27-38(28-24-36)44-15-5-6-16-45(44)39-29-25-37(26-30-39)43-34-54-59-55(35-43)65-53-22-10-8-20-51(53)62(59)50-19-7-9-21-52(50)64-54/h7-14,17-19,21-30,32-35,44-45,51H,5-6,15-16,20,31H2,1-4H3/t44-,45+,51?/m1/s1. The molecular formula is C61H52B2O2. The van der Waals surface area contributed by atoms with Gasteiger partial charge in [0.05, 0.1) is 0 Å². The topological polar surface area (TPSA) is 18.5 Å². The Balaban J connectivity index is 0.788. The van der Waals surface area contributed by atoms with Crippen LogP contribution in [-0.2, 0) is 17.3 Å². The van der Waals surface area contributed by atoms with Gasteiger partial charge >= 0.3 is 0 Å². The number of hydrogen-bond donors (Lipinski definition) is 0. The SMILES string of the molecule is CC1(C)c2cccc3c2B2c4c(cccc4C(C)(C)c4cc(-c5ccc([C@H]6CCCC[C@H]6c6ccc(-c7cc8c9c(c7)Oc7ccccc7B9C7CC=CC=C7O8)cc6)cc5)cc1c42)C3. The first-order valence-electron chi connectivity index (χ1n) is 24.4. The minimum atomic E-state index is -0.0892. The number of ether oxygens (including phenoxy) is 2. The van der Waals surface area contributed by atoms with Gasteiger partial charge in [0, 0.05) is 22.1 Å². The summed E-state index contributed by atoms with van der Waals surface area (Å²) in [6.45, 7) is 10.4. The van der Waals surface area contributed by atoms with Crippen LogP contribution in [0.4, 0.5) is 0 Å². The lowest BCUT2D eigenvalue weighted by atomic mass is 9.25. The molecule has 2 aliphatic carbocycles. The minimum Gasteiger partial charge on any atom is -0.463 e. The van der Waals surface area contributed by atoms with E-state index in [-0.39, 0.29) is 23.4 Å². The van der Waals surface area contributed by atoms with Crippen LogP contribution in [0.15, 0.2) is 157 Å². The lowest BCUT2D eigenvalue weighted by molar-refractivity contribution is 0.386. The zero-order valence-corrected chi connectivity index (χ0v) is 37.9. The average Bonchev–Trinajstić information content (AvgIpc) is 3.34. The molecule has 2 nitrogen and oxygen atoms in total. The van der Waals surface area contributed by atoms with Crippen LogP contribution < -0.4 is 36.8 Å². The Kier molecular flexibility index (Phi) is 7.99. The zero-order chi connectivity index (χ0) is 43.3. The van der Waals surface area contributed by atoms with Gasteiger partial charge < -0.3 is 9.47 Å². The number of hydrogen-bond acceptors (Lipinski definition) is 2. The van der Waals surface area contributed by atoms with Crippen molar-refractivity contribution in [2.75, 3.05) is 0 Å². The van der Waals surface area contributed by atoms with Gasteiger partial charge in [0.2, 0.25) is 13.4 Å². The largest absolute Gasteiger partial charge is 0.463 e. The van der Waals surface area contributed by atoms with Gasteiger partial charge in [-0.25, -0.2) is 0 Å². The molecule has 3 atom stereocenters. The summed E-state index contributed by atoms with van der Waals surface area (Å²) in [7, 11) is 0. The van der Waals surface area contributed by atoms with E-state index in [4.69, 9.17) is 9.47 Å². The van der Waals surface area contributed by atoms with E-state index in [1.54, 1.807) is 16.4 Å². The third-order valence-electron chi connectivity index (χ3n) is 17.3. The second kappa shape index (κ2) is 13.6. The number of para-hydroxylation sites is 1. The average molecular weight is 839 g/mol. The molecule has 5 aliphatic heterocycles. The molecule has 0 radical (unpaired) electrons. The third kappa shape index (κ3) is 5.37. The van der Waals surface area contributed by atoms with E-state index < -0.39 is 0 Å². The Hall–Kier alpha value is -6.25. The first-order chi connectivity index (χ1) is 31.7. The van der Waals surface area contributed by atoms with E-state index in [0.29, 0.717) is 18.5 Å². The van der Waals surface area contributed by atoms with Crippen LogP contribution >= 0.6 is 0 Å². The van der Waals surface area contributed by atoms with E-state index in [1.165, 1.54) is 97.8 Å². The molecule has 314 valence electrons. The smallest absolute Gasteiger partial charge is 0.243 e. The van der Waals surface area contributed by atoms with Gasteiger partial charge in [-0.15, -0.1) is 0 Å². The van der Waals surface area contributed by atoms with Gasteiger partial charge in [-0.1, -0.05) is 184 Å². The maximum Gasteiger partial charge on any atom is 0.243 e. The molecule has 0 aromatic heterocycles. The molecule has 7 aromatic carbocycles. The molecule has 7 aliphatic rings. The molecule has 1 fully saturated rings. The Bertz CT molecular complexity index is 3150. The summed E-state index contributed by atoms with van der Waals surface area (Å²) in [5.74, 6) is 5.14. The quantitative estimate of drug-likeness (QED) is 0.164. The summed E-state index contributed by atoms with van der Waals surface area (Å²) in [4.78, 5) is 0. The highest BCUT2D eigenvalue weighted by molar-refractivity contribution is 6.98. The van der Waals surface area contributed by atoms with Crippen molar-refractivity contribution in [3.63, 3.8) is 0 Å². The zero-order valence-electron chi connectivity index (χ0n) is 37.9. The van der Waals surface area contributed by atoms with Crippen molar-refractivity contribution < 1.29 is 9.47 Å². The lowest BCUT2D eigenvalue weighted by Crippen LogP contribution is -2.69. The first kappa shape index (κ1) is 38.1. The molecule has 0 saturated heterocycles. The summed E-state index contributed by atoms with van der Waals surface area (Å²) in [6.07, 6.45) is 13.6. The number of rotatable bonds is 4. The van der Waals surface area contributed by atoms with E-state index >= 15 is 0 Å². The van der Waals surface area contributed by atoms with Crippen LogP contribution in [0.5, 0.6) is 17.2 Å². The molecule has 65 heavy (non-hydrogen) atoms. The van der Waals surface area contributed by atoms with Crippen molar-refractivity contribution in [3.8, 4) is 39.5 Å². The lowest BCUT2D eigenvalue weighted by Gasteiger charge is -2.49. The summed E-state index contributed by atoms with van der Waals surface area (Å²) in [5, 5.41) is 0. The molecular weight excluding hydrogens is 786 g/mol. The summed E-state index contributed by atoms with van der Waals surface area (Å²) < 4.78 is 13.4. The monoisotopic (exact) mass is 838 g/mol. The predicted octanol–water partition coefficient (Wildman–Crippen LogP) is 11.5. The highest BCUT2D eigenvalue weighted by Gasteiger charge is 2.51. The normalized spacial score (nSPS) is 21.5. The fourth-order valence-corrected chi connectivity index (χ4v) is 14.1. The van der Waals surface area contributed by atoms with E-state index in [1.807, 2.05) is 0 Å². The van der Waals surface area contributed by atoms with E-state index in [9.17, 15) is 0 Å². The van der Waals surface area contributed by atoms with Crippen LogP contribution in [0.25, 0.3) is 22.3 Å². The van der Waals surface area contributed by atoms with Crippen molar-refractivity contribution in [3.05, 3.63) is 202 Å². The second-order valence-electron chi connectivity index (χ2n) is 21.3. The van der Waals surface area contributed by atoms with Crippen LogP contribution in [0.2, 0.25) is 5.82 Å². The molecule has 0 bridgehead atoms. The van der Waals surface area contributed by atoms with Crippen LogP contribution in [0, 0.1) is 0 Å². The van der Waals surface area contributed by atoms with E-state index in [2.05, 4.69) is 179 Å². The van der Waals surface area contributed by atoms with Crippen molar-refractivity contribution in [2.45, 2.75) is 94.7 Å². The molecule has 1 unspecified atom stereocenters. The molecule has 7 aromatic rings. The summed E-state index contributed by atoms with van der Waals surface area (Å²) in [6, 6.07) is 51.7. The summed E-state index contributed by atoms with van der Waals surface area (Å²) >= 11 is 0. The molecule has 4 heteroatoms. The Labute approximate surface area is 384 Å². The molecule has 14 rings (SSSR count). The molecule has 0 amide bonds. The first-order valence-corrected chi connectivity index (χ1v) is 24.4. The van der Waals surface area contributed by atoms with Gasteiger partial charge in [-0.3, -0.25) is 0 Å². The maximum absolute atomic E-state index is 6.70. The highest BCUT2D eigenvalue weighted by Crippen LogP contribution is 2.48. The summed E-state index contributed by atoms with van der Waals surface area (Å²) in [5.41, 5.74) is 24.0. The van der Waals surface area contributed by atoms with Crippen molar-refractivity contribution >= 4 is 40.7 Å². The maximum atomic E-state index is 6.70. The minimum absolute atomic E-state index is 0.0892. The van der Waals surface area contributed by atoms with Crippen molar-refractivity contribution in [2.24, 2.45) is 0 Å². The third-order valence-corrected chi connectivity index (χ3v) is 17.3. The number of fused-ring (bicyclic) bond motifs is 4. The van der Waals surface area contributed by atoms with Crippen molar-refractivity contribution in [1.82, 2.24) is 0 Å². The fraction of sp³-hybridized carbons (Fsp3) is 0.246. The van der Waals surface area contributed by atoms with Crippen LogP contribution in [-0.4, -0.2) is 13.4 Å². The highest BCUT2D eigenvalue weighted by atomic mass is 16.5. The molecule has 0 spiro atoms. The number of benzene rings is 7. The molecule has 5 heterocycles. The second-order valence-corrected chi connectivity index (χ2v) is 21.3.